The van der Waals surface area contributed by atoms with E-state index in [9.17, 15) is 18.3 Å². The molecule has 11 heteroatoms. The Morgan fingerprint density at radius 1 is 1.07 bits per heavy atom. The fraction of sp³-hybridized carbons (Fsp3) is 0.379. The van der Waals surface area contributed by atoms with Crippen LogP contribution in [-0.4, -0.2) is 36.6 Å². The molecule has 1 amide bonds. The molecule has 40 heavy (non-hydrogen) atoms. The third-order valence-electron chi connectivity index (χ3n) is 6.86. The van der Waals surface area contributed by atoms with E-state index in [4.69, 9.17) is 14.2 Å². The van der Waals surface area contributed by atoms with Crippen molar-refractivity contribution >= 4 is 16.1 Å². The van der Waals surface area contributed by atoms with Crippen molar-refractivity contribution in [2.45, 2.75) is 64.2 Å². The molecule has 10 nitrogen and oxygen atoms in total. The molecule has 1 saturated heterocycles. The summed E-state index contributed by atoms with van der Waals surface area (Å²) in [5.74, 6) is 1.98. The normalized spacial score (nSPS) is 19.9. The fourth-order valence-corrected chi connectivity index (χ4v) is 5.84. The molecule has 1 aliphatic heterocycles. The number of benzene rings is 2. The average Bonchev–Trinajstić information content (AvgIpc) is 3.28. The van der Waals surface area contributed by atoms with Crippen LogP contribution in [0.2, 0.25) is 0 Å². The van der Waals surface area contributed by atoms with Gasteiger partial charge in [-0.25, -0.2) is 9.71 Å². The molecule has 0 bridgehead atoms. The van der Waals surface area contributed by atoms with Crippen molar-refractivity contribution in [1.82, 2.24) is 14.4 Å². The number of aliphatic hydroxyl groups is 1. The number of pyridine rings is 1. The molecule has 5 rings (SSSR count). The molecule has 0 saturated carbocycles. The Morgan fingerprint density at radius 2 is 1.85 bits per heavy atom. The largest absolute Gasteiger partial charge is 0.486 e. The third-order valence-corrected chi connectivity index (χ3v) is 7.96. The van der Waals surface area contributed by atoms with E-state index in [0.717, 1.165) is 29.7 Å². The summed E-state index contributed by atoms with van der Waals surface area (Å²) in [4.78, 5) is 16.2. The lowest BCUT2D eigenvalue weighted by Crippen LogP contribution is -2.48. The van der Waals surface area contributed by atoms with Crippen LogP contribution in [0.25, 0.3) is 0 Å². The SMILES string of the molecule is Cc1nc(OCCC(C)(C)O)ccc1Oc1cccc2c1CC[C@H]2Oc1ccc(C2CC(=O)NS(=O)(=O)N2)cc1. The van der Waals surface area contributed by atoms with Gasteiger partial charge in [0.15, 0.2) is 0 Å². The summed E-state index contributed by atoms with van der Waals surface area (Å²) in [6.45, 7) is 5.71. The highest BCUT2D eigenvalue weighted by atomic mass is 32.2. The topological polar surface area (TPSA) is 136 Å². The van der Waals surface area contributed by atoms with Crippen LogP contribution < -0.4 is 23.7 Å². The summed E-state index contributed by atoms with van der Waals surface area (Å²) in [5.41, 5.74) is 2.72. The maximum Gasteiger partial charge on any atom is 0.301 e. The summed E-state index contributed by atoms with van der Waals surface area (Å²) >= 11 is 0. The minimum absolute atomic E-state index is 0.0328. The maximum absolute atomic E-state index is 11.8. The van der Waals surface area contributed by atoms with Gasteiger partial charge in [-0.3, -0.25) is 4.79 Å². The highest BCUT2D eigenvalue weighted by Gasteiger charge is 2.30. The van der Waals surface area contributed by atoms with E-state index in [2.05, 4.69) is 9.71 Å². The average molecular weight is 568 g/mol. The zero-order valence-electron chi connectivity index (χ0n) is 22.6. The molecule has 1 fully saturated rings. The van der Waals surface area contributed by atoms with Gasteiger partial charge in [-0.15, -0.1) is 0 Å². The molecule has 2 aliphatic rings. The monoisotopic (exact) mass is 567 g/mol. The fourth-order valence-electron chi connectivity index (χ4n) is 4.80. The van der Waals surface area contributed by atoms with Gasteiger partial charge in [-0.05, 0) is 69.0 Å². The summed E-state index contributed by atoms with van der Waals surface area (Å²) in [6.07, 6.45) is 1.94. The molecule has 0 radical (unpaired) electrons. The van der Waals surface area contributed by atoms with Gasteiger partial charge in [-0.1, -0.05) is 24.3 Å². The Morgan fingerprint density at radius 3 is 2.55 bits per heavy atom. The molecule has 1 unspecified atom stereocenters. The highest BCUT2D eigenvalue weighted by Crippen LogP contribution is 2.41. The zero-order valence-corrected chi connectivity index (χ0v) is 23.5. The number of ether oxygens (including phenoxy) is 3. The summed E-state index contributed by atoms with van der Waals surface area (Å²) in [6, 6.07) is 16.0. The van der Waals surface area contributed by atoms with Crippen molar-refractivity contribution in [1.29, 1.82) is 0 Å². The molecule has 1 aliphatic carbocycles. The number of carbonyl (C=O) groups excluding carboxylic acids is 1. The first-order valence-electron chi connectivity index (χ1n) is 13.2. The number of nitrogens with zero attached hydrogens (tertiary/aromatic N) is 1. The second kappa shape index (κ2) is 11.1. The molecule has 3 N–H and O–H groups in total. The number of carbonyl (C=O) groups is 1. The second-order valence-corrected chi connectivity index (χ2v) is 12.1. The number of hydrogen-bond donors (Lipinski definition) is 3. The molecule has 0 spiro atoms. The van der Waals surface area contributed by atoms with Crippen LogP contribution in [0.3, 0.4) is 0 Å². The predicted octanol–water partition coefficient (Wildman–Crippen LogP) is 4.18. The standard InChI is InChI=1S/C29H33N3O7S/c1-18-24(13-14-28(30-18)37-16-15-29(2,3)34)39-25-6-4-5-21-22(25)11-12-26(21)38-20-9-7-19(8-10-20)23-17-27(33)32-40(35,36)31-23/h4-10,13-14,23,26,31,34H,11-12,15-17H2,1-3H3,(H,32,33)/t23?,26-/m1/s1. The van der Waals surface area contributed by atoms with E-state index in [0.29, 0.717) is 41.7 Å². The van der Waals surface area contributed by atoms with E-state index in [1.54, 1.807) is 44.2 Å². The molecule has 2 heterocycles. The summed E-state index contributed by atoms with van der Waals surface area (Å²) < 4.78 is 46.2. The van der Waals surface area contributed by atoms with Crippen molar-refractivity contribution in [3.05, 3.63) is 77.0 Å². The number of rotatable bonds is 9. The van der Waals surface area contributed by atoms with Gasteiger partial charge in [0, 0.05) is 24.5 Å². The highest BCUT2D eigenvalue weighted by molar-refractivity contribution is 7.88. The maximum atomic E-state index is 11.8. The first-order valence-corrected chi connectivity index (χ1v) is 14.7. The number of aryl methyl sites for hydroxylation is 1. The van der Waals surface area contributed by atoms with E-state index in [1.807, 2.05) is 35.9 Å². The van der Waals surface area contributed by atoms with Crippen molar-refractivity contribution in [3.8, 4) is 23.1 Å². The van der Waals surface area contributed by atoms with Gasteiger partial charge in [0.05, 0.1) is 23.9 Å². The minimum Gasteiger partial charge on any atom is -0.486 e. The van der Waals surface area contributed by atoms with Crippen molar-refractivity contribution < 1.29 is 32.5 Å². The lowest BCUT2D eigenvalue weighted by Gasteiger charge is -2.24. The van der Waals surface area contributed by atoms with Crippen molar-refractivity contribution in [2.24, 2.45) is 0 Å². The van der Waals surface area contributed by atoms with Crippen molar-refractivity contribution in [2.75, 3.05) is 6.61 Å². The van der Waals surface area contributed by atoms with Crippen molar-refractivity contribution in [3.63, 3.8) is 0 Å². The van der Waals surface area contributed by atoms with Gasteiger partial charge >= 0.3 is 10.2 Å². The first-order chi connectivity index (χ1) is 19.0. The molecule has 2 aromatic carbocycles. The van der Waals surface area contributed by atoms with Crippen LogP contribution in [0.15, 0.2) is 54.6 Å². The Bertz CT molecular complexity index is 1500. The van der Waals surface area contributed by atoms with E-state index >= 15 is 0 Å². The zero-order chi connectivity index (χ0) is 28.5. The van der Waals surface area contributed by atoms with Crippen LogP contribution >= 0.6 is 0 Å². The molecule has 1 aromatic heterocycles. The number of fused-ring (bicyclic) bond motifs is 1. The molecular weight excluding hydrogens is 534 g/mol. The van der Waals surface area contributed by atoms with Gasteiger partial charge in [0.1, 0.15) is 23.4 Å². The van der Waals surface area contributed by atoms with Crippen LogP contribution in [-0.2, 0) is 21.4 Å². The quantitative estimate of drug-likeness (QED) is 0.350. The molecule has 3 aromatic rings. The Hall–Kier alpha value is -3.67. The van der Waals surface area contributed by atoms with Crippen LogP contribution in [0.5, 0.6) is 23.1 Å². The van der Waals surface area contributed by atoms with Gasteiger partial charge < -0.3 is 19.3 Å². The van der Waals surface area contributed by atoms with E-state index in [1.165, 1.54) is 0 Å². The lowest BCUT2D eigenvalue weighted by molar-refractivity contribution is -0.120. The smallest absolute Gasteiger partial charge is 0.301 e. The Labute approximate surface area is 233 Å². The number of nitrogens with one attached hydrogen (secondary N) is 2. The molecule has 2 atom stereocenters. The number of hydrogen-bond acceptors (Lipinski definition) is 8. The van der Waals surface area contributed by atoms with Crippen LogP contribution in [0, 0.1) is 6.92 Å². The number of amides is 1. The molecular formula is C29H33N3O7S. The minimum atomic E-state index is -3.84. The van der Waals surface area contributed by atoms with Gasteiger partial charge in [-0.2, -0.15) is 13.1 Å². The third kappa shape index (κ3) is 6.72. The van der Waals surface area contributed by atoms with Crippen LogP contribution in [0.1, 0.15) is 67.6 Å². The lowest BCUT2D eigenvalue weighted by atomic mass is 10.0. The number of aromatic nitrogens is 1. The second-order valence-electron chi connectivity index (χ2n) is 10.7. The van der Waals surface area contributed by atoms with E-state index in [-0.39, 0.29) is 12.5 Å². The van der Waals surface area contributed by atoms with Crippen LogP contribution in [0.4, 0.5) is 0 Å². The molecule has 212 valence electrons. The summed E-state index contributed by atoms with van der Waals surface area (Å²) in [5, 5.41) is 9.86. The Balaban J connectivity index is 1.24. The first kappa shape index (κ1) is 27.9. The summed E-state index contributed by atoms with van der Waals surface area (Å²) in [7, 11) is -3.84. The predicted molar refractivity (Wildman–Crippen MR) is 148 cm³/mol. The van der Waals surface area contributed by atoms with Gasteiger partial charge in [0.25, 0.3) is 0 Å². The van der Waals surface area contributed by atoms with Gasteiger partial charge in [0.2, 0.25) is 11.8 Å². The Kier molecular flexibility index (Phi) is 7.72. The van der Waals surface area contributed by atoms with E-state index < -0.39 is 27.8 Å².